The summed E-state index contributed by atoms with van der Waals surface area (Å²) in [6.45, 7) is 0. The Balaban J connectivity index is 1.80. The van der Waals surface area contributed by atoms with Crippen molar-refractivity contribution in [2.24, 2.45) is 0 Å². The Morgan fingerprint density at radius 1 is 1.08 bits per heavy atom. The van der Waals surface area contributed by atoms with Crippen molar-refractivity contribution in [2.45, 2.75) is 0 Å². The standard InChI is InChI=1S/C20H13ClN2O2/c21-16-7-4-8-17(12-16)23-20(24)15(13-22)11-18-9-10-19(25-18)14-5-2-1-3-6-14/h1-12H,(H,23,24)/b15-11+. The lowest BCUT2D eigenvalue weighted by Gasteiger charge is -2.04. The van der Waals surface area contributed by atoms with Gasteiger partial charge < -0.3 is 9.73 Å². The predicted molar refractivity (Wildman–Crippen MR) is 97.8 cm³/mol. The average Bonchev–Trinajstić information content (AvgIpc) is 3.09. The van der Waals surface area contributed by atoms with Crippen molar-refractivity contribution in [1.29, 1.82) is 5.26 Å². The lowest BCUT2D eigenvalue weighted by atomic mass is 10.2. The van der Waals surface area contributed by atoms with Gasteiger partial charge in [-0.3, -0.25) is 4.79 Å². The molecule has 1 amide bonds. The maximum absolute atomic E-state index is 12.2. The number of benzene rings is 2. The number of carbonyl (C=O) groups is 1. The number of hydrogen-bond donors (Lipinski definition) is 1. The summed E-state index contributed by atoms with van der Waals surface area (Å²) in [5, 5.41) is 12.4. The van der Waals surface area contributed by atoms with Gasteiger partial charge in [0.05, 0.1) is 0 Å². The van der Waals surface area contributed by atoms with Crippen LogP contribution in [0.4, 0.5) is 5.69 Å². The smallest absolute Gasteiger partial charge is 0.266 e. The fraction of sp³-hybridized carbons (Fsp3) is 0. The molecule has 25 heavy (non-hydrogen) atoms. The summed E-state index contributed by atoms with van der Waals surface area (Å²) >= 11 is 5.89. The van der Waals surface area contributed by atoms with Gasteiger partial charge in [-0.05, 0) is 30.3 Å². The molecule has 0 saturated carbocycles. The molecule has 0 radical (unpaired) electrons. The third kappa shape index (κ3) is 4.17. The van der Waals surface area contributed by atoms with Crippen molar-refractivity contribution in [3.63, 3.8) is 0 Å². The lowest BCUT2D eigenvalue weighted by Crippen LogP contribution is -2.13. The third-order valence-electron chi connectivity index (χ3n) is 3.42. The fourth-order valence-corrected chi connectivity index (χ4v) is 2.43. The Morgan fingerprint density at radius 3 is 2.60 bits per heavy atom. The summed E-state index contributed by atoms with van der Waals surface area (Å²) < 4.78 is 5.69. The molecule has 0 unspecified atom stereocenters. The van der Waals surface area contributed by atoms with Crippen LogP contribution in [0.3, 0.4) is 0 Å². The number of nitriles is 1. The number of hydrogen-bond acceptors (Lipinski definition) is 3. The van der Waals surface area contributed by atoms with E-state index in [1.165, 1.54) is 6.08 Å². The Kier molecular flexibility index (Phi) is 4.98. The Hall–Kier alpha value is -3.29. The van der Waals surface area contributed by atoms with Gasteiger partial charge in [0.25, 0.3) is 5.91 Å². The first kappa shape index (κ1) is 16.6. The molecule has 0 atom stereocenters. The van der Waals surface area contributed by atoms with Crippen molar-refractivity contribution < 1.29 is 9.21 Å². The van der Waals surface area contributed by atoms with E-state index in [1.54, 1.807) is 36.4 Å². The molecule has 1 heterocycles. The van der Waals surface area contributed by atoms with Crippen LogP contribution in [0, 0.1) is 11.3 Å². The van der Waals surface area contributed by atoms with Crippen LogP contribution >= 0.6 is 11.6 Å². The van der Waals surface area contributed by atoms with Gasteiger partial charge in [0.2, 0.25) is 0 Å². The first-order chi connectivity index (χ1) is 12.2. The van der Waals surface area contributed by atoms with E-state index in [2.05, 4.69) is 5.32 Å². The molecule has 0 aliphatic heterocycles. The predicted octanol–water partition coefficient (Wildman–Crippen LogP) is 5.15. The summed E-state index contributed by atoms with van der Waals surface area (Å²) in [6, 6.07) is 21.7. The zero-order valence-electron chi connectivity index (χ0n) is 13.1. The van der Waals surface area contributed by atoms with Gasteiger partial charge in [0, 0.05) is 22.3 Å². The Labute approximate surface area is 150 Å². The molecule has 3 rings (SSSR count). The summed E-state index contributed by atoms with van der Waals surface area (Å²) in [5.74, 6) is 0.568. The maximum atomic E-state index is 12.2. The zero-order valence-corrected chi connectivity index (χ0v) is 13.8. The quantitative estimate of drug-likeness (QED) is 0.524. The van der Waals surface area contributed by atoms with Crippen LogP contribution < -0.4 is 5.32 Å². The van der Waals surface area contributed by atoms with Gasteiger partial charge in [-0.2, -0.15) is 5.26 Å². The minimum Gasteiger partial charge on any atom is -0.457 e. The third-order valence-corrected chi connectivity index (χ3v) is 3.65. The monoisotopic (exact) mass is 348 g/mol. The number of anilines is 1. The zero-order chi connectivity index (χ0) is 17.6. The highest BCUT2D eigenvalue weighted by molar-refractivity contribution is 6.31. The number of halogens is 1. The molecule has 1 N–H and O–H groups in total. The lowest BCUT2D eigenvalue weighted by molar-refractivity contribution is -0.112. The molecule has 3 aromatic rings. The summed E-state index contributed by atoms with van der Waals surface area (Å²) in [4.78, 5) is 12.2. The molecule has 0 aliphatic rings. The number of nitrogens with one attached hydrogen (secondary N) is 1. The molecule has 2 aromatic carbocycles. The van der Waals surface area contributed by atoms with Gasteiger partial charge in [0.1, 0.15) is 23.2 Å². The van der Waals surface area contributed by atoms with Crippen LogP contribution in [0.15, 0.2) is 76.7 Å². The average molecular weight is 349 g/mol. The first-order valence-electron chi connectivity index (χ1n) is 7.50. The molecule has 4 nitrogen and oxygen atoms in total. The molecule has 122 valence electrons. The second-order valence-electron chi connectivity index (χ2n) is 5.20. The molecular weight excluding hydrogens is 336 g/mol. The Bertz CT molecular complexity index is 969. The second kappa shape index (κ2) is 7.52. The Morgan fingerprint density at radius 2 is 1.88 bits per heavy atom. The molecule has 0 fully saturated rings. The van der Waals surface area contributed by atoms with Gasteiger partial charge in [-0.25, -0.2) is 0 Å². The van der Waals surface area contributed by atoms with E-state index in [9.17, 15) is 10.1 Å². The molecule has 0 aliphatic carbocycles. The summed E-state index contributed by atoms with van der Waals surface area (Å²) in [5.41, 5.74) is 1.38. The fourth-order valence-electron chi connectivity index (χ4n) is 2.24. The molecule has 0 spiro atoms. The minimum absolute atomic E-state index is 0.0612. The molecule has 0 saturated heterocycles. The van der Waals surface area contributed by atoms with Crippen molar-refractivity contribution in [3.8, 4) is 17.4 Å². The number of nitrogens with zero attached hydrogens (tertiary/aromatic N) is 1. The highest BCUT2D eigenvalue weighted by Gasteiger charge is 2.11. The molecular formula is C20H13ClN2O2. The van der Waals surface area contributed by atoms with Crippen molar-refractivity contribution in [2.75, 3.05) is 5.32 Å². The highest BCUT2D eigenvalue weighted by Crippen LogP contribution is 2.23. The normalized spacial score (nSPS) is 11.0. The van der Waals surface area contributed by atoms with E-state index in [0.717, 1.165) is 5.56 Å². The number of furan rings is 1. The van der Waals surface area contributed by atoms with Crippen LogP contribution in [-0.2, 0) is 4.79 Å². The topological polar surface area (TPSA) is 66.0 Å². The summed E-state index contributed by atoms with van der Waals surface area (Å²) in [6.07, 6.45) is 1.41. The van der Waals surface area contributed by atoms with Crippen LogP contribution in [0.2, 0.25) is 5.02 Å². The highest BCUT2D eigenvalue weighted by atomic mass is 35.5. The van der Waals surface area contributed by atoms with Gasteiger partial charge >= 0.3 is 0 Å². The van der Waals surface area contributed by atoms with E-state index in [0.29, 0.717) is 22.2 Å². The molecule has 1 aromatic heterocycles. The van der Waals surface area contributed by atoms with E-state index in [1.807, 2.05) is 36.4 Å². The maximum Gasteiger partial charge on any atom is 0.266 e. The van der Waals surface area contributed by atoms with Gasteiger partial charge in [-0.1, -0.05) is 48.0 Å². The van der Waals surface area contributed by atoms with Gasteiger partial charge in [0.15, 0.2) is 0 Å². The molecule has 0 bridgehead atoms. The van der Waals surface area contributed by atoms with E-state index < -0.39 is 5.91 Å². The van der Waals surface area contributed by atoms with Crippen molar-refractivity contribution >= 4 is 29.3 Å². The van der Waals surface area contributed by atoms with Crippen LogP contribution in [0.25, 0.3) is 17.4 Å². The van der Waals surface area contributed by atoms with E-state index >= 15 is 0 Å². The van der Waals surface area contributed by atoms with Crippen molar-refractivity contribution in [3.05, 3.63) is 83.1 Å². The number of amides is 1. The van der Waals surface area contributed by atoms with Crippen LogP contribution in [-0.4, -0.2) is 5.91 Å². The van der Waals surface area contributed by atoms with Gasteiger partial charge in [-0.15, -0.1) is 0 Å². The SMILES string of the molecule is N#C/C(=C\c1ccc(-c2ccccc2)o1)C(=O)Nc1cccc(Cl)c1. The molecule has 5 heteroatoms. The van der Waals surface area contributed by atoms with Crippen LogP contribution in [0.1, 0.15) is 5.76 Å². The number of carbonyl (C=O) groups excluding carboxylic acids is 1. The summed E-state index contributed by atoms with van der Waals surface area (Å²) in [7, 11) is 0. The first-order valence-corrected chi connectivity index (χ1v) is 7.87. The van der Waals surface area contributed by atoms with E-state index in [4.69, 9.17) is 16.0 Å². The largest absolute Gasteiger partial charge is 0.457 e. The minimum atomic E-state index is -0.526. The van der Waals surface area contributed by atoms with Crippen LogP contribution in [0.5, 0.6) is 0 Å². The van der Waals surface area contributed by atoms with E-state index in [-0.39, 0.29) is 5.57 Å². The second-order valence-corrected chi connectivity index (χ2v) is 5.64. The number of rotatable bonds is 4. The van der Waals surface area contributed by atoms with Crippen molar-refractivity contribution in [1.82, 2.24) is 0 Å².